The van der Waals surface area contributed by atoms with Crippen LogP contribution in [-0.4, -0.2) is 20.6 Å². The Hall–Kier alpha value is -2.04. The number of aromatic amines is 1. The topological polar surface area (TPSA) is 75.1 Å². The predicted octanol–water partition coefficient (Wildman–Crippen LogP) is 2.00. The van der Waals surface area contributed by atoms with Crippen LogP contribution in [-0.2, 0) is 4.79 Å². The molecule has 1 atom stereocenters. The summed E-state index contributed by atoms with van der Waals surface area (Å²) in [4.78, 5) is 26.1. The van der Waals surface area contributed by atoms with Gasteiger partial charge in [0.05, 0.1) is 11.0 Å². The molecule has 2 N–H and O–H groups in total. The van der Waals surface area contributed by atoms with Gasteiger partial charge in [-0.3, -0.25) is 4.57 Å². The molecule has 0 bridgehead atoms. The average molecular weight is 248 g/mol. The molecule has 96 valence electrons. The van der Waals surface area contributed by atoms with E-state index in [9.17, 15) is 14.7 Å². The van der Waals surface area contributed by atoms with Crippen molar-refractivity contribution in [2.75, 3.05) is 0 Å². The van der Waals surface area contributed by atoms with Gasteiger partial charge >= 0.3 is 11.7 Å². The molecule has 0 aliphatic heterocycles. The second-order valence-electron chi connectivity index (χ2n) is 5.42. The number of carbonyl (C=O) groups is 1. The molecule has 1 aromatic carbocycles. The first-order valence-corrected chi connectivity index (χ1v) is 5.74. The molecule has 0 aliphatic carbocycles. The fraction of sp³-hybridized carbons (Fsp3) is 0.385. The molecule has 2 rings (SSSR count). The van der Waals surface area contributed by atoms with Crippen LogP contribution in [0, 0.1) is 5.41 Å². The summed E-state index contributed by atoms with van der Waals surface area (Å²) >= 11 is 0. The SMILES string of the molecule is CC(C)(C)C(C(=O)O)n1c(=O)[nH]c2ccccc21. The number of hydrogen-bond acceptors (Lipinski definition) is 2. The summed E-state index contributed by atoms with van der Waals surface area (Å²) in [5.41, 5.74) is 0.321. The number of aromatic nitrogens is 2. The van der Waals surface area contributed by atoms with Crippen molar-refractivity contribution >= 4 is 17.0 Å². The average Bonchev–Trinajstić information content (AvgIpc) is 2.54. The number of nitrogens with zero attached hydrogens (tertiary/aromatic N) is 1. The first-order valence-electron chi connectivity index (χ1n) is 5.74. The molecule has 0 spiro atoms. The van der Waals surface area contributed by atoms with Gasteiger partial charge in [0.25, 0.3) is 0 Å². The van der Waals surface area contributed by atoms with E-state index in [1.165, 1.54) is 4.57 Å². The van der Waals surface area contributed by atoms with Gasteiger partial charge in [0.15, 0.2) is 0 Å². The van der Waals surface area contributed by atoms with Gasteiger partial charge in [0, 0.05) is 0 Å². The van der Waals surface area contributed by atoms with Crippen molar-refractivity contribution in [3.63, 3.8) is 0 Å². The van der Waals surface area contributed by atoms with Gasteiger partial charge < -0.3 is 10.1 Å². The minimum absolute atomic E-state index is 0.390. The van der Waals surface area contributed by atoms with Gasteiger partial charge in [0.1, 0.15) is 6.04 Å². The summed E-state index contributed by atoms with van der Waals surface area (Å²) in [6, 6.07) is 6.19. The zero-order valence-corrected chi connectivity index (χ0v) is 10.6. The highest BCUT2D eigenvalue weighted by atomic mass is 16.4. The maximum Gasteiger partial charge on any atom is 0.327 e. The highest BCUT2D eigenvalue weighted by Crippen LogP contribution is 2.31. The van der Waals surface area contributed by atoms with E-state index in [0.717, 1.165) is 0 Å². The lowest BCUT2D eigenvalue weighted by atomic mass is 9.86. The molecule has 0 fully saturated rings. The quantitative estimate of drug-likeness (QED) is 0.853. The van der Waals surface area contributed by atoms with Gasteiger partial charge in [-0.2, -0.15) is 0 Å². The Labute approximate surface area is 104 Å². The first-order chi connectivity index (χ1) is 8.32. The van der Waals surface area contributed by atoms with E-state index < -0.39 is 23.1 Å². The lowest BCUT2D eigenvalue weighted by Crippen LogP contribution is -2.36. The lowest BCUT2D eigenvalue weighted by Gasteiger charge is -2.27. The summed E-state index contributed by atoms with van der Waals surface area (Å²) in [7, 11) is 0. The number of H-pyrrole nitrogens is 1. The standard InChI is InChI=1S/C13H16N2O3/c1-13(2,3)10(11(16)17)15-9-7-5-4-6-8(9)14-12(15)18/h4-7,10H,1-3H3,(H,14,18)(H,16,17). The van der Waals surface area contributed by atoms with Crippen molar-refractivity contribution in [3.05, 3.63) is 34.7 Å². The Balaban J connectivity index is 2.76. The lowest BCUT2D eigenvalue weighted by molar-refractivity contribution is -0.144. The van der Waals surface area contributed by atoms with Crippen LogP contribution in [0.2, 0.25) is 0 Å². The predicted molar refractivity (Wildman–Crippen MR) is 68.7 cm³/mol. The maximum atomic E-state index is 12.0. The molecule has 0 aliphatic rings. The van der Waals surface area contributed by atoms with Crippen molar-refractivity contribution in [2.45, 2.75) is 26.8 Å². The molecule has 1 unspecified atom stereocenters. The number of benzene rings is 1. The van der Waals surface area contributed by atoms with Crippen LogP contribution in [0.25, 0.3) is 11.0 Å². The van der Waals surface area contributed by atoms with Crippen LogP contribution in [0.1, 0.15) is 26.8 Å². The number of para-hydroxylation sites is 2. The van der Waals surface area contributed by atoms with Crippen molar-refractivity contribution in [1.82, 2.24) is 9.55 Å². The van der Waals surface area contributed by atoms with Gasteiger partial charge in [0.2, 0.25) is 0 Å². The molecule has 18 heavy (non-hydrogen) atoms. The highest BCUT2D eigenvalue weighted by molar-refractivity contribution is 5.80. The first kappa shape index (κ1) is 12.4. The minimum Gasteiger partial charge on any atom is -0.480 e. The third-order valence-corrected chi connectivity index (χ3v) is 2.94. The number of nitrogens with one attached hydrogen (secondary N) is 1. The zero-order chi connectivity index (χ0) is 13.5. The Bertz CT molecular complexity index is 646. The molecular weight excluding hydrogens is 232 g/mol. The third-order valence-electron chi connectivity index (χ3n) is 2.94. The molecule has 5 nitrogen and oxygen atoms in total. The molecule has 1 heterocycles. The number of fused-ring (bicyclic) bond motifs is 1. The van der Waals surface area contributed by atoms with E-state index in [0.29, 0.717) is 11.0 Å². The van der Waals surface area contributed by atoms with Crippen LogP contribution in [0.3, 0.4) is 0 Å². The fourth-order valence-electron chi connectivity index (χ4n) is 2.20. The summed E-state index contributed by atoms with van der Waals surface area (Å²) in [6.45, 7) is 5.42. The highest BCUT2D eigenvalue weighted by Gasteiger charge is 2.35. The normalized spacial score (nSPS) is 13.7. The molecule has 0 saturated heterocycles. The summed E-state index contributed by atoms with van der Waals surface area (Å²) in [5, 5.41) is 9.39. The largest absolute Gasteiger partial charge is 0.480 e. The minimum atomic E-state index is -1.01. The van der Waals surface area contributed by atoms with Gasteiger partial charge in [-0.1, -0.05) is 32.9 Å². The van der Waals surface area contributed by atoms with Crippen LogP contribution in [0.4, 0.5) is 0 Å². The second kappa shape index (κ2) is 4.01. The van der Waals surface area contributed by atoms with Crippen molar-refractivity contribution < 1.29 is 9.90 Å². The number of rotatable bonds is 2. The Morgan fingerprint density at radius 2 is 1.94 bits per heavy atom. The molecule has 0 radical (unpaired) electrons. The fourth-order valence-corrected chi connectivity index (χ4v) is 2.20. The number of hydrogen-bond donors (Lipinski definition) is 2. The number of carboxylic acids is 1. The van der Waals surface area contributed by atoms with E-state index >= 15 is 0 Å². The smallest absolute Gasteiger partial charge is 0.327 e. The molecule has 1 aromatic heterocycles. The summed E-state index contributed by atoms with van der Waals surface area (Å²) < 4.78 is 1.32. The van der Waals surface area contributed by atoms with Crippen LogP contribution < -0.4 is 5.69 Å². The van der Waals surface area contributed by atoms with Crippen molar-refractivity contribution in [1.29, 1.82) is 0 Å². The second-order valence-corrected chi connectivity index (χ2v) is 5.42. The number of aliphatic carboxylic acids is 1. The van der Waals surface area contributed by atoms with Gasteiger partial charge in [-0.25, -0.2) is 9.59 Å². The van der Waals surface area contributed by atoms with Gasteiger partial charge in [-0.05, 0) is 17.5 Å². The van der Waals surface area contributed by atoms with E-state index in [2.05, 4.69) is 4.98 Å². The van der Waals surface area contributed by atoms with E-state index in [-0.39, 0.29) is 0 Å². The Kier molecular flexibility index (Phi) is 2.77. The van der Waals surface area contributed by atoms with Crippen molar-refractivity contribution in [2.24, 2.45) is 5.41 Å². The van der Waals surface area contributed by atoms with E-state index in [4.69, 9.17) is 0 Å². The molecular formula is C13H16N2O3. The monoisotopic (exact) mass is 248 g/mol. The Morgan fingerprint density at radius 3 is 2.50 bits per heavy atom. The maximum absolute atomic E-state index is 12.0. The number of carboxylic acid groups (broad SMARTS) is 1. The summed E-state index contributed by atoms with van der Waals surface area (Å²) in [6.07, 6.45) is 0. The third kappa shape index (κ3) is 1.92. The Morgan fingerprint density at radius 1 is 1.33 bits per heavy atom. The molecule has 2 aromatic rings. The van der Waals surface area contributed by atoms with Gasteiger partial charge in [-0.15, -0.1) is 0 Å². The molecule has 5 heteroatoms. The molecule has 0 amide bonds. The van der Waals surface area contributed by atoms with Crippen LogP contribution in [0.15, 0.2) is 29.1 Å². The molecule has 0 saturated carbocycles. The van der Waals surface area contributed by atoms with Crippen LogP contribution in [0.5, 0.6) is 0 Å². The van der Waals surface area contributed by atoms with E-state index in [1.54, 1.807) is 45.0 Å². The summed E-state index contributed by atoms with van der Waals surface area (Å²) in [5.74, 6) is -1.01. The van der Waals surface area contributed by atoms with E-state index in [1.807, 2.05) is 0 Å². The van der Waals surface area contributed by atoms with Crippen molar-refractivity contribution in [3.8, 4) is 0 Å². The number of imidazole rings is 1. The van der Waals surface area contributed by atoms with Crippen LogP contribution >= 0.6 is 0 Å². The zero-order valence-electron chi connectivity index (χ0n) is 10.6.